The molecule has 0 radical (unpaired) electrons. The summed E-state index contributed by atoms with van der Waals surface area (Å²) in [4.78, 5) is 12.1. The van der Waals surface area contributed by atoms with E-state index in [2.05, 4.69) is 24.5 Å². The molecule has 0 bridgehead atoms. The molecule has 0 aliphatic carbocycles. The van der Waals surface area contributed by atoms with Crippen molar-refractivity contribution < 1.29 is 9.53 Å². The summed E-state index contributed by atoms with van der Waals surface area (Å²) in [6.45, 7) is 5.10. The first kappa shape index (κ1) is 20.7. The van der Waals surface area contributed by atoms with E-state index in [1.165, 1.54) is 12.1 Å². The average Bonchev–Trinajstić information content (AvgIpc) is 2.58. The van der Waals surface area contributed by atoms with Crippen LogP contribution in [0.15, 0.2) is 36.4 Å². The first-order valence-corrected chi connectivity index (χ1v) is 9.39. The Bertz CT molecular complexity index is 749. The monoisotopic (exact) mass is 414 g/mol. The van der Waals surface area contributed by atoms with Crippen LogP contribution in [0.3, 0.4) is 0 Å². The molecule has 7 heteroatoms. The van der Waals surface area contributed by atoms with Gasteiger partial charge in [0.2, 0.25) is 5.91 Å². The van der Waals surface area contributed by atoms with E-state index in [1.54, 1.807) is 0 Å². The second-order valence-corrected chi connectivity index (χ2v) is 7.42. The Morgan fingerprint density at radius 2 is 1.69 bits per heavy atom. The summed E-state index contributed by atoms with van der Waals surface area (Å²) in [5.74, 6) is 1.17. The van der Waals surface area contributed by atoms with Gasteiger partial charge in [-0.15, -0.1) is 0 Å². The molecule has 2 aromatic carbocycles. The van der Waals surface area contributed by atoms with Crippen molar-refractivity contribution in [1.29, 1.82) is 0 Å². The SMILES string of the molecule is CC(C)CCOc1ccc(NCC(=O)Nc2cc(Cl)c(Cl)cc2Cl)cc1. The second-order valence-electron chi connectivity index (χ2n) is 6.20. The zero-order chi connectivity index (χ0) is 19.1. The Labute approximate surface area is 168 Å². The zero-order valence-corrected chi connectivity index (χ0v) is 16.9. The predicted molar refractivity (Wildman–Crippen MR) is 110 cm³/mol. The Hall–Kier alpha value is -1.62. The van der Waals surface area contributed by atoms with Crippen LogP contribution in [-0.4, -0.2) is 19.1 Å². The van der Waals surface area contributed by atoms with Gasteiger partial charge in [-0.25, -0.2) is 0 Å². The average molecular weight is 416 g/mol. The summed E-state index contributed by atoms with van der Waals surface area (Å²) in [5.41, 5.74) is 1.23. The van der Waals surface area contributed by atoms with Crippen LogP contribution in [0, 0.1) is 5.92 Å². The predicted octanol–water partition coefficient (Wildman–Crippen LogP) is 6.12. The van der Waals surface area contributed by atoms with E-state index in [9.17, 15) is 4.79 Å². The van der Waals surface area contributed by atoms with E-state index in [0.29, 0.717) is 33.3 Å². The molecular weight excluding hydrogens is 395 g/mol. The van der Waals surface area contributed by atoms with Crippen LogP contribution in [0.5, 0.6) is 5.75 Å². The van der Waals surface area contributed by atoms with E-state index in [1.807, 2.05) is 24.3 Å². The van der Waals surface area contributed by atoms with Crippen LogP contribution in [0.4, 0.5) is 11.4 Å². The summed E-state index contributed by atoms with van der Waals surface area (Å²) >= 11 is 17.9. The number of benzene rings is 2. The van der Waals surface area contributed by atoms with E-state index < -0.39 is 0 Å². The number of amides is 1. The maximum atomic E-state index is 12.1. The van der Waals surface area contributed by atoms with E-state index in [-0.39, 0.29) is 12.5 Å². The van der Waals surface area contributed by atoms with Crippen LogP contribution >= 0.6 is 34.8 Å². The van der Waals surface area contributed by atoms with Crippen LogP contribution in [0.1, 0.15) is 20.3 Å². The quantitative estimate of drug-likeness (QED) is 0.510. The largest absolute Gasteiger partial charge is 0.494 e. The number of hydrogen-bond acceptors (Lipinski definition) is 3. The number of rotatable bonds is 8. The summed E-state index contributed by atoms with van der Waals surface area (Å²) in [6, 6.07) is 10.5. The van der Waals surface area contributed by atoms with Gasteiger partial charge in [-0.1, -0.05) is 48.7 Å². The third kappa shape index (κ3) is 6.60. The molecular formula is C19H21Cl3N2O2. The van der Waals surface area contributed by atoms with Crippen molar-refractivity contribution in [3.63, 3.8) is 0 Å². The molecule has 0 aliphatic heterocycles. The van der Waals surface area contributed by atoms with Gasteiger partial charge in [-0.05, 0) is 48.7 Å². The summed E-state index contributed by atoms with van der Waals surface area (Å²) < 4.78 is 5.67. The molecule has 0 unspecified atom stereocenters. The van der Waals surface area contributed by atoms with Crippen molar-refractivity contribution in [1.82, 2.24) is 0 Å². The minimum Gasteiger partial charge on any atom is -0.494 e. The fraction of sp³-hybridized carbons (Fsp3) is 0.316. The van der Waals surface area contributed by atoms with Crippen LogP contribution in [-0.2, 0) is 4.79 Å². The number of hydrogen-bond donors (Lipinski definition) is 2. The van der Waals surface area contributed by atoms with Gasteiger partial charge in [0, 0.05) is 5.69 Å². The lowest BCUT2D eigenvalue weighted by atomic mass is 10.1. The number of ether oxygens (including phenoxy) is 1. The molecule has 0 spiro atoms. The highest BCUT2D eigenvalue weighted by Gasteiger charge is 2.09. The minimum atomic E-state index is -0.248. The van der Waals surface area contributed by atoms with Gasteiger partial charge < -0.3 is 15.4 Å². The number of anilines is 2. The molecule has 140 valence electrons. The minimum absolute atomic E-state index is 0.0874. The van der Waals surface area contributed by atoms with Gasteiger partial charge >= 0.3 is 0 Å². The van der Waals surface area contributed by atoms with E-state index >= 15 is 0 Å². The van der Waals surface area contributed by atoms with Gasteiger partial charge in [0.05, 0.1) is 33.9 Å². The fourth-order valence-corrected chi connectivity index (χ4v) is 2.67. The summed E-state index contributed by atoms with van der Waals surface area (Å²) in [5, 5.41) is 6.73. The maximum absolute atomic E-state index is 12.1. The number of carbonyl (C=O) groups excluding carboxylic acids is 1. The molecule has 1 amide bonds. The number of carbonyl (C=O) groups is 1. The van der Waals surface area contributed by atoms with Crippen molar-refractivity contribution in [2.45, 2.75) is 20.3 Å². The third-order valence-corrected chi connectivity index (χ3v) is 4.59. The van der Waals surface area contributed by atoms with Gasteiger partial charge in [-0.2, -0.15) is 0 Å². The van der Waals surface area contributed by atoms with Gasteiger partial charge in [-0.3, -0.25) is 4.79 Å². The highest BCUT2D eigenvalue weighted by Crippen LogP contribution is 2.32. The van der Waals surface area contributed by atoms with Crippen LogP contribution in [0.2, 0.25) is 15.1 Å². The number of halogens is 3. The normalized spacial score (nSPS) is 10.7. The molecule has 0 aromatic heterocycles. The van der Waals surface area contributed by atoms with Crippen molar-refractivity contribution in [2.75, 3.05) is 23.8 Å². The molecule has 0 saturated heterocycles. The molecule has 2 N–H and O–H groups in total. The topological polar surface area (TPSA) is 50.4 Å². The lowest BCUT2D eigenvalue weighted by Gasteiger charge is -2.11. The molecule has 0 atom stereocenters. The van der Waals surface area contributed by atoms with Crippen molar-refractivity contribution in [3.8, 4) is 5.75 Å². The zero-order valence-electron chi connectivity index (χ0n) is 14.6. The maximum Gasteiger partial charge on any atom is 0.243 e. The number of nitrogens with one attached hydrogen (secondary N) is 2. The fourth-order valence-electron chi connectivity index (χ4n) is 2.08. The molecule has 0 heterocycles. The smallest absolute Gasteiger partial charge is 0.243 e. The molecule has 4 nitrogen and oxygen atoms in total. The van der Waals surface area contributed by atoms with E-state index in [4.69, 9.17) is 39.5 Å². The third-order valence-electron chi connectivity index (χ3n) is 3.56. The Morgan fingerprint density at radius 3 is 2.35 bits per heavy atom. The summed E-state index contributed by atoms with van der Waals surface area (Å²) in [7, 11) is 0. The lowest BCUT2D eigenvalue weighted by molar-refractivity contribution is -0.114. The van der Waals surface area contributed by atoms with Crippen molar-refractivity contribution in [3.05, 3.63) is 51.5 Å². The highest BCUT2D eigenvalue weighted by molar-refractivity contribution is 6.44. The Morgan fingerprint density at radius 1 is 1.04 bits per heavy atom. The molecule has 26 heavy (non-hydrogen) atoms. The van der Waals surface area contributed by atoms with Gasteiger partial charge in [0.1, 0.15) is 5.75 Å². The first-order chi connectivity index (χ1) is 12.3. The lowest BCUT2D eigenvalue weighted by Crippen LogP contribution is -2.21. The second kappa shape index (κ2) is 9.91. The Kier molecular flexibility index (Phi) is 7.88. The highest BCUT2D eigenvalue weighted by atomic mass is 35.5. The summed E-state index contributed by atoms with van der Waals surface area (Å²) in [6.07, 6.45) is 1.01. The standard InChI is InChI=1S/C19H21Cl3N2O2/c1-12(2)7-8-26-14-5-3-13(4-6-14)23-11-19(25)24-18-10-16(21)15(20)9-17(18)22/h3-6,9-10,12,23H,7-8,11H2,1-2H3,(H,24,25). The van der Waals surface area contributed by atoms with Crippen molar-refractivity contribution in [2.24, 2.45) is 5.92 Å². The Balaban J connectivity index is 1.83. The molecule has 0 aliphatic rings. The molecule has 2 aromatic rings. The molecule has 2 rings (SSSR count). The molecule has 0 fully saturated rings. The van der Waals surface area contributed by atoms with E-state index in [0.717, 1.165) is 17.9 Å². The first-order valence-electron chi connectivity index (χ1n) is 8.26. The van der Waals surface area contributed by atoms with Crippen LogP contribution < -0.4 is 15.4 Å². The van der Waals surface area contributed by atoms with Crippen molar-refractivity contribution >= 4 is 52.1 Å². The van der Waals surface area contributed by atoms with Crippen LogP contribution in [0.25, 0.3) is 0 Å². The molecule has 0 saturated carbocycles. The van der Waals surface area contributed by atoms with Gasteiger partial charge in [0.15, 0.2) is 0 Å². The van der Waals surface area contributed by atoms with Gasteiger partial charge in [0.25, 0.3) is 0 Å².